The van der Waals surface area contributed by atoms with Crippen molar-refractivity contribution >= 4 is 5.97 Å². The Morgan fingerprint density at radius 3 is 3.07 bits per heavy atom. The van der Waals surface area contributed by atoms with Crippen LogP contribution in [-0.4, -0.2) is 20.9 Å². The zero-order chi connectivity index (χ0) is 9.97. The van der Waals surface area contributed by atoms with Gasteiger partial charge in [0.05, 0.1) is 5.69 Å². The highest BCUT2D eigenvalue weighted by atomic mass is 16.4. The molecule has 1 aliphatic rings. The number of rotatable bonds is 5. The van der Waals surface area contributed by atoms with E-state index in [1.165, 1.54) is 18.5 Å². The number of carbonyl (C=O) groups is 1. The van der Waals surface area contributed by atoms with Crippen molar-refractivity contribution in [2.45, 2.75) is 38.1 Å². The van der Waals surface area contributed by atoms with Crippen molar-refractivity contribution in [1.82, 2.24) is 9.78 Å². The highest BCUT2D eigenvalue weighted by molar-refractivity contribution is 5.66. The highest BCUT2D eigenvalue weighted by Gasteiger charge is 2.25. The Morgan fingerprint density at radius 2 is 2.43 bits per heavy atom. The van der Waals surface area contributed by atoms with Crippen molar-refractivity contribution in [2.24, 2.45) is 0 Å². The van der Waals surface area contributed by atoms with Gasteiger partial charge < -0.3 is 5.11 Å². The molecule has 76 valence electrons. The fourth-order valence-electron chi connectivity index (χ4n) is 1.49. The van der Waals surface area contributed by atoms with Crippen LogP contribution in [0.25, 0.3) is 0 Å². The van der Waals surface area contributed by atoms with Crippen molar-refractivity contribution in [3.8, 4) is 0 Å². The van der Waals surface area contributed by atoms with E-state index in [2.05, 4.69) is 5.10 Å². The molecule has 1 fully saturated rings. The predicted molar refractivity (Wildman–Crippen MR) is 51.1 cm³/mol. The Morgan fingerprint density at radius 1 is 1.64 bits per heavy atom. The average Bonchev–Trinajstić information content (AvgIpc) is 2.87. The maximum Gasteiger partial charge on any atom is 0.303 e. The summed E-state index contributed by atoms with van der Waals surface area (Å²) in [6.45, 7) is 0.707. The van der Waals surface area contributed by atoms with E-state index in [0.29, 0.717) is 18.9 Å². The van der Waals surface area contributed by atoms with Gasteiger partial charge in [-0.25, -0.2) is 0 Å². The topological polar surface area (TPSA) is 55.1 Å². The lowest BCUT2D eigenvalue weighted by molar-refractivity contribution is -0.137. The van der Waals surface area contributed by atoms with Gasteiger partial charge in [-0.05, 0) is 25.3 Å². The molecule has 0 bridgehead atoms. The van der Waals surface area contributed by atoms with Crippen LogP contribution in [0.4, 0.5) is 0 Å². The van der Waals surface area contributed by atoms with Crippen LogP contribution in [0.1, 0.15) is 37.3 Å². The van der Waals surface area contributed by atoms with Gasteiger partial charge in [0, 0.05) is 25.1 Å². The minimum absolute atomic E-state index is 0.221. The number of carboxylic acid groups (broad SMARTS) is 1. The zero-order valence-corrected chi connectivity index (χ0v) is 8.02. The Bertz CT molecular complexity index is 329. The SMILES string of the molecule is O=C(O)CCCn1ccc(C2CC2)n1. The molecule has 14 heavy (non-hydrogen) atoms. The van der Waals surface area contributed by atoms with E-state index in [-0.39, 0.29) is 6.42 Å². The van der Waals surface area contributed by atoms with Crippen molar-refractivity contribution in [2.75, 3.05) is 0 Å². The summed E-state index contributed by atoms with van der Waals surface area (Å²) in [4.78, 5) is 10.3. The standard InChI is InChI=1S/C10H14N2O2/c13-10(14)2-1-6-12-7-5-9(11-12)8-3-4-8/h5,7-8H,1-4,6H2,(H,13,14). The Balaban J connectivity index is 1.80. The van der Waals surface area contributed by atoms with Gasteiger partial charge in [0.1, 0.15) is 0 Å². The third-order valence-corrected chi connectivity index (χ3v) is 2.43. The molecule has 2 rings (SSSR count). The van der Waals surface area contributed by atoms with Gasteiger partial charge in [-0.15, -0.1) is 0 Å². The van der Waals surface area contributed by atoms with Gasteiger partial charge in [0.15, 0.2) is 0 Å². The molecule has 1 aliphatic carbocycles. The lowest BCUT2D eigenvalue weighted by Crippen LogP contribution is -2.02. The van der Waals surface area contributed by atoms with Crippen molar-refractivity contribution < 1.29 is 9.90 Å². The number of nitrogens with zero attached hydrogens (tertiary/aromatic N) is 2. The molecule has 4 nitrogen and oxygen atoms in total. The predicted octanol–water partition coefficient (Wildman–Crippen LogP) is 1.63. The molecule has 4 heteroatoms. The van der Waals surface area contributed by atoms with Crippen molar-refractivity contribution in [1.29, 1.82) is 0 Å². The zero-order valence-electron chi connectivity index (χ0n) is 8.02. The molecule has 1 aromatic heterocycles. The molecule has 1 aromatic rings. The summed E-state index contributed by atoms with van der Waals surface area (Å²) >= 11 is 0. The number of hydrogen-bond donors (Lipinski definition) is 1. The van der Waals surface area contributed by atoms with Crippen LogP contribution in [-0.2, 0) is 11.3 Å². The minimum atomic E-state index is -0.737. The van der Waals surface area contributed by atoms with E-state index >= 15 is 0 Å². The van der Waals surface area contributed by atoms with Gasteiger partial charge in [-0.1, -0.05) is 0 Å². The normalized spacial score (nSPS) is 15.7. The van der Waals surface area contributed by atoms with Crippen LogP contribution < -0.4 is 0 Å². The quantitative estimate of drug-likeness (QED) is 0.775. The molecule has 1 saturated carbocycles. The van der Waals surface area contributed by atoms with Gasteiger partial charge >= 0.3 is 5.97 Å². The summed E-state index contributed by atoms with van der Waals surface area (Å²) in [5, 5.41) is 12.9. The maximum absolute atomic E-state index is 10.3. The molecule has 0 amide bonds. The van der Waals surface area contributed by atoms with Crippen molar-refractivity contribution in [3.63, 3.8) is 0 Å². The lowest BCUT2D eigenvalue weighted by Gasteiger charge is -1.98. The number of aliphatic carboxylic acids is 1. The number of aromatic nitrogens is 2. The Labute approximate surface area is 82.5 Å². The van der Waals surface area contributed by atoms with E-state index in [1.807, 2.05) is 16.9 Å². The number of hydrogen-bond acceptors (Lipinski definition) is 2. The second-order valence-corrected chi connectivity index (χ2v) is 3.78. The fraction of sp³-hybridized carbons (Fsp3) is 0.600. The average molecular weight is 194 g/mol. The first-order valence-electron chi connectivity index (χ1n) is 5.01. The summed E-state index contributed by atoms with van der Waals surface area (Å²) < 4.78 is 1.84. The molecule has 0 atom stereocenters. The molecule has 1 N–H and O–H groups in total. The van der Waals surface area contributed by atoms with E-state index in [0.717, 1.165) is 0 Å². The van der Waals surface area contributed by atoms with E-state index in [9.17, 15) is 4.79 Å². The van der Waals surface area contributed by atoms with Crippen LogP contribution in [0.2, 0.25) is 0 Å². The highest BCUT2D eigenvalue weighted by Crippen LogP contribution is 2.38. The number of carboxylic acids is 1. The summed E-state index contributed by atoms with van der Waals surface area (Å²) in [7, 11) is 0. The second-order valence-electron chi connectivity index (χ2n) is 3.78. The van der Waals surface area contributed by atoms with Crippen LogP contribution >= 0.6 is 0 Å². The Hall–Kier alpha value is -1.32. The fourth-order valence-corrected chi connectivity index (χ4v) is 1.49. The first kappa shape index (κ1) is 9.24. The summed E-state index contributed by atoms with van der Waals surface area (Å²) in [6.07, 6.45) is 5.33. The molecule has 1 heterocycles. The summed E-state index contributed by atoms with van der Waals surface area (Å²) in [5.41, 5.74) is 1.17. The molecule has 0 unspecified atom stereocenters. The Kier molecular flexibility index (Phi) is 2.52. The third kappa shape index (κ3) is 2.34. The van der Waals surface area contributed by atoms with Crippen LogP contribution in [0.3, 0.4) is 0 Å². The monoisotopic (exact) mass is 194 g/mol. The van der Waals surface area contributed by atoms with Gasteiger partial charge in [0.2, 0.25) is 0 Å². The molecular weight excluding hydrogens is 180 g/mol. The maximum atomic E-state index is 10.3. The minimum Gasteiger partial charge on any atom is -0.481 e. The lowest BCUT2D eigenvalue weighted by atomic mass is 10.3. The summed E-state index contributed by atoms with van der Waals surface area (Å²) in [6, 6.07) is 2.04. The molecule has 0 spiro atoms. The van der Waals surface area contributed by atoms with Gasteiger partial charge in [-0.3, -0.25) is 9.48 Å². The van der Waals surface area contributed by atoms with Crippen LogP contribution in [0.15, 0.2) is 12.3 Å². The molecule has 0 saturated heterocycles. The first-order chi connectivity index (χ1) is 6.75. The van der Waals surface area contributed by atoms with E-state index in [1.54, 1.807) is 0 Å². The molecule has 0 aromatic carbocycles. The van der Waals surface area contributed by atoms with E-state index in [4.69, 9.17) is 5.11 Å². The third-order valence-electron chi connectivity index (χ3n) is 2.43. The van der Waals surface area contributed by atoms with E-state index < -0.39 is 5.97 Å². The number of aryl methyl sites for hydroxylation is 1. The van der Waals surface area contributed by atoms with Crippen molar-refractivity contribution in [3.05, 3.63) is 18.0 Å². The molecule has 0 aliphatic heterocycles. The summed E-state index contributed by atoms with van der Waals surface area (Å²) in [5.74, 6) is -0.0599. The van der Waals surface area contributed by atoms with Crippen LogP contribution in [0.5, 0.6) is 0 Å². The van der Waals surface area contributed by atoms with Gasteiger partial charge in [-0.2, -0.15) is 5.10 Å². The van der Waals surface area contributed by atoms with Crippen LogP contribution in [0, 0.1) is 0 Å². The smallest absolute Gasteiger partial charge is 0.303 e. The largest absolute Gasteiger partial charge is 0.481 e. The van der Waals surface area contributed by atoms with Gasteiger partial charge in [0.25, 0.3) is 0 Å². The molecule has 0 radical (unpaired) electrons. The second kappa shape index (κ2) is 3.82. The molecular formula is C10H14N2O2. The first-order valence-corrected chi connectivity index (χ1v) is 5.01.